The molecule has 0 radical (unpaired) electrons. The van der Waals surface area contributed by atoms with Crippen LogP contribution in [0.1, 0.15) is 6.42 Å². The normalized spacial score (nSPS) is 8.71. The number of nitrogens with one attached hydrogen (secondary N) is 1. The first-order valence-electron chi connectivity index (χ1n) is 2.28. The second kappa shape index (κ2) is 5.66. The molecule has 0 aromatic rings. The zero-order valence-electron chi connectivity index (χ0n) is 4.61. The smallest absolute Gasteiger partial charge is 0.0572 e. The highest BCUT2D eigenvalue weighted by Gasteiger charge is 1.74. The van der Waals surface area contributed by atoms with Gasteiger partial charge in [-0.3, -0.25) is 0 Å². The zero-order chi connectivity index (χ0) is 5.54. The van der Waals surface area contributed by atoms with Gasteiger partial charge in [-0.1, -0.05) is 6.08 Å². The average Bonchev–Trinajstić information content (AvgIpc) is 1.69. The molecule has 0 aliphatic heterocycles. The van der Waals surface area contributed by atoms with Crippen LogP contribution in [0.3, 0.4) is 0 Å². The lowest BCUT2D eigenvalue weighted by Gasteiger charge is -1.94. The van der Waals surface area contributed by atoms with E-state index in [4.69, 9.17) is 0 Å². The van der Waals surface area contributed by atoms with Crippen molar-refractivity contribution in [3.05, 3.63) is 12.7 Å². The van der Waals surface area contributed by atoms with Gasteiger partial charge in [0.15, 0.2) is 0 Å². The van der Waals surface area contributed by atoms with Crippen molar-refractivity contribution >= 4 is 0 Å². The lowest BCUT2D eigenvalue weighted by molar-refractivity contribution is 0.0933. The number of hydrogen-bond donors (Lipinski definition) is 1. The summed E-state index contributed by atoms with van der Waals surface area (Å²) in [6.07, 6.45) is 2.79. The van der Waals surface area contributed by atoms with Gasteiger partial charge in [0.2, 0.25) is 0 Å². The molecule has 0 saturated carbocycles. The third-order valence-electron chi connectivity index (χ3n) is 0.595. The largest absolute Gasteiger partial charge is 0.305 e. The van der Waals surface area contributed by atoms with Gasteiger partial charge in [0.1, 0.15) is 0 Å². The summed E-state index contributed by atoms with van der Waals surface area (Å²) in [5.74, 6) is 0. The molecule has 1 N–H and O–H groups in total. The maximum Gasteiger partial charge on any atom is 0.0572 e. The molecule has 0 aliphatic rings. The van der Waals surface area contributed by atoms with Gasteiger partial charge >= 0.3 is 0 Å². The van der Waals surface area contributed by atoms with Gasteiger partial charge in [0, 0.05) is 6.54 Å². The first-order valence-corrected chi connectivity index (χ1v) is 2.28. The van der Waals surface area contributed by atoms with Gasteiger partial charge in [-0.25, -0.2) is 5.48 Å². The minimum absolute atomic E-state index is 0.847. The van der Waals surface area contributed by atoms with Crippen molar-refractivity contribution in [2.24, 2.45) is 0 Å². The van der Waals surface area contributed by atoms with Crippen molar-refractivity contribution in [1.82, 2.24) is 5.48 Å². The predicted molar refractivity (Wildman–Crippen MR) is 29.8 cm³/mol. The molecule has 7 heavy (non-hydrogen) atoms. The fraction of sp³-hybridized carbons (Fsp3) is 0.600. The Bertz CT molecular complexity index is 45.3. The highest BCUT2D eigenvalue weighted by atomic mass is 16.6. The fourth-order valence-electron chi connectivity index (χ4n) is 0.263. The molecule has 0 heterocycles. The SMILES string of the molecule is C=CCCNOC. The fourth-order valence-corrected chi connectivity index (χ4v) is 0.263. The standard InChI is InChI=1S/C5H11NO/c1-3-4-5-6-7-2/h3,6H,1,4-5H2,2H3. The van der Waals surface area contributed by atoms with E-state index in [0.29, 0.717) is 0 Å². The van der Waals surface area contributed by atoms with E-state index in [2.05, 4.69) is 16.9 Å². The molecule has 0 unspecified atom stereocenters. The highest BCUT2D eigenvalue weighted by molar-refractivity contribution is 4.65. The molecule has 0 bridgehead atoms. The highest BCUT2D eigenvalue weighted by Crippen LogP contribution is 1.72. The Labute approximate surface area is 44.1 Å². The Balaban J connectivity index is 2.56. The van der Waals surface area contributed by atoms with Gasteiger partial charge in [0.05, 0.1) is 7.11 Å². The quantitative estimate of drug-likeness (QED) is 0.320. The summed E-state index contributed by atoms with van der Waals surface area (Å²) in [7, 11) is 1.60. The Hall–Kier alpha value is -0.340. The first-order chi connectivity index (χ1) is 3.41. The molecule has 0 atom stereocenters. The van der Waals surface area contributed by atoms with E-state index in [9.17, 15) is 0 Å². The third kappa shape index (κ3) is 5.66. The summed E-state index contributed by atoms with van der Waals surface area (Å²) in [5.41, 5.74) is 2.68. The first kappa shape index (κ1) is 6.66. The molecule has 2 nitrogen and oxygen atoms in total. The van der Waals surface area contributed by atoms with Crippen LogP contribution in [-0.2, 0) is 4.84 Å². The van der Waals surface area contributed by atoms with Gasteiger partial charge in [-0.05, 0) is 6.42 Å². The molecule has 0 spiro atoms. The van der Waals surface area contributed by atoms with E-state index < -0.39 is 0 Å². The minimum atomic E-state index is 0.847. The summed E-state index contributed by atoms with van der Waals surface area (Å²) in [6, 6.07) is 0. The van der Waals surface area contributed by atoms with Crippen LogP contribution >= 0.6 is 0 Å². The molecular formula is C5H11NO. The van der Waals surface area contributed by atoms with E-state index in [1.54, 1.807) is 7.11 Å². The Kier molecular flexibility index (Phi) is 5.39. The molecule has 0 saturated heterocycles. The van der Waals surface area contributed by atoms with Crippen LogP contribution in [0.2, 0.25) is 0 Å². The Morgan fingerprint density at radius 2 is 2.57 bits per heavy atom. The number of hydrogen-bond acceptors (Lipinski definition) is 2. The molecular weight excluding hydrogens is 90.1 g/mol. The van der Waals surface area contributed by atoms with Crippen molar-refractivity contribution in [3.63, 3.8) is 0 Å². The van der Waals surface area contributed by atoms with Crippen LogP contribution in [0.4, 0.5) is 0 Å². The van der Waals surface area contributed by atoms with Crippen LogP contribution < -0.4 is 5.48 Å². The van der Waals surface area contributed by atoms with Crippen molar-refractivity contribution in [2.75, 3.05) is 13.7 Å². The molecule has 0 aliphatic carbocycles. The molecule has 42 valence electrons. The van der Waals surface area contributed by atoms with E-state index in [0.717, 1.165) is 13.0 Å². The third-order valence-corrected chi connectivity index (χ3v) is 0.595. The summed E-state index contributed by atoms with van der Waals surface area (Å²) in [6.45, 7) is 4.38. The van der Waals surface area contributed by atoms with E-state index in [-0.39, 0.29) is 0 Å². The van der Waals surface area contributed by atoms with E-state index in [1.807, 2.05) is 6.08 Å². The maximum atomic E-state index is 4.55. The van der Waals surface area contributed by atoms with Crippen molar-refractivity contribution < 1.29 is 4.84 Å². The van der Waals surface area contributed by atoms with Gasteiger partial charge in [-0.2, -0.15) is 0 Å². The Morgan fingerprint density at radius 3 is 3.00 bits per heavy atom. The molecule has 0 fully saturated rings. The van der Waals surface area contributed by atoms with Crippen LogP contribution in [0.5, 0.6) is 0 Å². The number of rotatable bonds is 4. The van der Waals surface area contributed by atoms with Crippen LogP contribution in [0.25, 0.3) is 0 Å². The topological polar surface area (TPSA) is 21.3 Å². The van der Waals surface area contributed by atoms with Crippen molar-refractivity contribution in [3.8, 4) is 0 Å². The molecule has 0 rings (SSSR count). The van der Waals surface area contributed by atoms with E-state index in [1.165, 1.54) is 0 Å². The lowest BCUT2D eigenvalue weighted by Crippen LogP contribution is -2.11. The summed E-state index contributed by atoms with van der Waals surface area (Å²) < 4.78 is 0. The van der Waals surface area contributed by atoms with Gasteiger partial charge in [0.25, 0.3) is 0 Å². The van der Waals surface area contributed by atoms with Crippen LogP contribution in [0.15, 0.2) is 12.7 Å². The van der Waals surface area contributed by atoms with Gasteiger partial charge < -0.3 is 4.84 Å². The maximum absolute atomic E-state index is 4.55. The lowest BCUT2D eigenvalue weighted by atomic mass is 10.4. The summed E-state index contributed by atoms with van der Waals surface area (Å²) in [5, 5.41) is 0. The van der Waals surface area contributed by atoms with Crippen molar-refractivity contribution in [2.45, 2.75) is 6.42 Å². The molecule has 0 aromatic heterocycles. The Morgan fingerprint density at radius 1 is 1.86 bits per heavy atom. The van der Waals surface area contributed by atoms with E-state index >= 15 is 0 Å². The monoisotopic (exact) mass is 101 g/mol. The second-order valence-electron chi connectivity index (χ2n) is 1.18. The van der Waals surface area contributed by atoms with Crippen LogP contribution in [0, 0.1) is 0 Å². The molecule has 0 aromatic carbocycles. The average molecular weight is 101 g/mol. The predicted octanol–water partition coefficient (Wildman–Crippen LogP) is 0.714. The minimum Gasteiger partial charge on any atom is -0.305 e. The van der Waals surface area contributed by atoms with Crippen LogP contribution in [-0.4, -0.2) is 13.7 Å². The molecule has 2 heteroatoms. The molecule has 0 amide bonds. The summed E-state index contributed by atoms with van der Waals surface area (Å²) in [4.78, 5) is 4.55. The zero-order valence-corrected chi connectivity index (χ0v) is 4.61. The summed E-state index contributed by atoms with van der Waals surface area (Å²) >= 11 is 0. The van der Waals surface area contributed by atoms with Crippen molar-refractivity contribution in [1.29, 1.82) is 0 Å². The second-order valence-corrected chi connectivity index (χ2v) is 1.18. The number of hydroxylamine groups is 1. The van der Waals surface area contributed by atoms with Gasteiger partial charge in [-0.15, -0.1) is 6.58 Å².